The number of ether oxygens (including phenoxy) is 1. The molecule has 0 saturated carbocycles. The van der Waals surface area contributed by atoms with Crippen LogP contribution in [-0.4, -0.2) is 44.3 Å². The summed E-state index contributed by atoms with van der Waals surface area (Å²) < 4.78 is 11.0. The predicted octanol–water partition coefficient (Wildman–Crippen LogP) is 2.51. The molecule has 1 fully saturated rings. The molecule has 0 aromatic carbocycles. The highest BCUT2D eigenvalue weighted by Crippen LogP contribution is 2.31. The molecule has 0 amide bonds. The van der Waals surface area contributed by atoms with Crippen LogP contribution in [0.15, 0.2) is 22.8 Å². The summed E-state index contributed by atoms with van der Waals surface area (Å²) in [4.78, 5) is 2.37. The first kappa shape index (κ1) is 15.5. The topological polar surface area (TPSA) is 37.6 Å². The summed E-state index contributed by atoms with van der Waals surface area (Å²) in [5, 5.41) is 3.61. The quantitative estimate of drug-likeness (QED) is 0.833. The summed E-state index contributed by atoms with van der Waals surface area (Å²) in [5.41, 5.74) is 0.323. The largest absolute Gasteiger partial charge is 0.468 e. The van der Waals surface area contributed by atoms with E-state index in [-0.39, 0.29) is 0 Å². The van der Waals surface area contributed by atoms with E-state index in [9.17, 15) is 0 Å². The molecule has 1 aliphatic heterocycles. The second kappa shape index (κ2) is 7.25. The average Bonchev–Trinajstić information content (AvgIpc) is 2.90. The molecular weight excluding hydrogens is 252 g/mol. The first-order valence-electron chi connectivity index (χ1n) is 7.62. The van der Waals surface area contributed by atoms with Gasteiger partial charge in [-0.1, -0.05) is 13.8 Å². The molecule has 1 saturated heterocycles. The lowest BCUT2D eigenvalue weighted by Gasteiger charge is -2.40. The van der Waals surface area contributed by atoms with Crippen molar-refractivity contribution >= 4 is 0 Å². The molecule has 0 unspecified atom stereocenters. The molecule has 0 bridgehead atoms. The van der Waals surface area contributed by atoms with Gasteiger partial charge in [0.15, 0.2) is 0 Å². The van der Waals surface area contributed by atoms with Crippen molar-refractivity contribution in [2.45, 2.75) is 39.3 Å². The molecule has 1 aliphatic rings. The lowest BCUT2D eigenvalue weighted by atomic mass is 9.79. The van der Waals surface area contributed by atoms with Gasteiger partial charge >= 0.3 is 0 Å². The van der Waals surface area contributed by atoms with Crippen LogP contribution < -0.4 is 5.32 Å². The van der Waals surface area contributed by atoms with E-state index in [0.717, 1.165) is 51.4 Å². The monoisotopic (exact) mass is 280 g/mol. The zero-order chi connectivity index (χ0) is 14.4. The zero-order valence-corrected chi connectivity index (χ0v) is 13.0. The van der Waals surface area contributed by atoms with E-state index >= 15 is 0 Å². The fourth-order valence-corrected chi connectivity index (χ4v) is 2.91. The predicted molar refractivity (Wildman–Crippen MR) is 80.7 cm³/mol. The lowest BCUT2D eigenvalue weighted by molar-refractivity contribution is -0.00320. The summed E-state index contributed by atoms with van der Waals surface area (Å²) in [6.45, 7) is 9.20. The average molecular weight is 280 g/mol. The third-order valence-electron chi connectivity index (χ3n) is 4.05. The van der Waals surface area contributed by atoms with E-state index in [1.165, 1.54) is 0 Å². The number of hydrogen-bond acceptors (Lipinski definition) is 4. The molecule has 1 aromatic rings. The van der Waals surface area contributed by atoms with E-state index in [4.69, 9.17) is 9.15 Å². The second-order valence-corrected chi connectivity index (χ2v) is 6.40. The van der Waals surface area contributed by atoms with Gasteiger partial charge in [0.1, 0.15) is 5.76 Å². The summed E-state index contributed by atoms with van der Waals surface area (Å²) in [6, 6.07) is 4.53. The van der Waals surface area contributed by atoms with E-state index in [2.05, 4.69) is 31.1 Å². The first-order valence-corrected chi connectivity index (χ1v) is 7.62. The molecule has 4 nitrogen and oxygen atoms in total. The molecule has 0 aliphatic carbocycles. The second-order valence-electron chi connectivity index (χ2n) is 6.40. The van der Waals surface area contributed by atoms with E-state index < -0.39 is 0 Å². The van der Waals surface area contributed by atoms with Crippen LogP contribution >= 0.6 is 0 Å². The van der Waals surface area contributed by atoms with Crippen LogP contribution in [0, 0.1) is 5.41 Å². The summed E-state index contributed by atoms with van der Waals surface area (Å²) >= 11 is 0. The summed E-state index contributed by atoms with van der Waals surface area (Å²) in [6.07, 6.45) is 4.01. The minimum absolute atomic E-state index is 0.323. The van der Waals surface area contributed by atoms with Crippen molar-refractivity contribution < 1.29 is 9.15 Å². The standard InChI is InChI=1S/C16H28N2O2/c1-14(2)17-12-16(6-9-19-10-7-16)13-18(3)11-15-5-4-8-20-15/h4-5,8,14,17H,6-7,9-13H2,1-3H3. The molecule has 20 heavy (non-hydrogen) atoms. The Morgan fingerprint density at radius 3 is 2.70 bits per heavy atom. The van der Waals surface area contributed by atoms with Crippen molar-refractivity contribution in [1.29, 1.82) is 0 Å². The molecule has 0 atom stereocenters. The van der Waals surface area contributed by atoms with Crippen LogP contribution in [0.3, 0.4) is 0 Å². The molecule has 114 valence electrons. The van der Waals surface area contributed by atoms with E-state index in [1.807, 2.05) is 12.1 Å². The zero-order valence-electron chi connectivity index (χ0n) is 13.0. The van der Waals surface area contributed by atoms with Gasteiger partial charge in [0, 0.05) is 32.3 Å². The molecule has 0 spiro atoms. The maximum absolute atomic E-state index is 5.55. The number of rotatable bonds is 7. The van der Waals surface area contributed by atoms with Gasteiger partial charge < -0.3 is 14.5 Å². The van der Waals surface area contributed by atoms with Gasteiger partial charge in [0.05, 0.1) is 12.8 Å². The Morgan fingerprint density at radius 2 is 2.10 bits per heavy atom. The Balaban J connectivity index is 1.92. The number of nitrogens with one attached hydrogen (secondary N) is 1. The van der Waals surface area contributed by atoms with Crippen LogP contribution in [-0.2, 0) is 11.3 Å². The summed E-state index contributed by atoms with van der Waals surface area (Å²) in [7, 11) is 2.18. The van der Waals surface area contributed by atoms with E-state index in [1.54, 1.807) is 6.26 Å². The lowest BCUT2D eigenvalue weighted by Crippen LogP contribution is -2.47. The Bertz CT molecular complexity index is 370. The Morgan fingerprint density at radius 1 is 1.35 bits per heavy atom. The maximum atomic E-state index is 5.55. The minimum atomic E-state index is 0.323. The summed E-state index contributed by atoms with van der Waals surface area (Å²) in [5.74, 6) is 1.03. The highest BCUT2D eigenvalue weighted by atomic mass is 16.5. The van der Waals surface area contributed by atoms with Gasteiger partial charge in [0.2, 0.25) is 0 Å². The molecule has 2 heterocycles. The van der Waals surface area contributed by atoms with Crippen LogP contribution in [0.5, 0.6) is 0 Å². The third-order valence-corrected chi connectivity index (χ3v) is 4.05. The van der Waals surface area contributed by atoms with Gasteiger partial charge in [-0.05, 0) is 37.4 Å². The van der Waals surface area contributed by atoms with Crippen molar-refractivity contribution in [3.63, 3.8) is 0 Å². The van der Waals surface area contributed by atoms with Crippen LogP contribution in [0.2, 0.25) is 0 Å². The minimum Gasteiger partial charge on any atom is -0.468 e. The van der Waals surface area contributed by atoms with Gasteiger partial charge in [0.25, 0.3) is 0 Å². The maximum Gasteiger partial charge on any atom is 0.117 e. The molecule has 1 N–H and O–H groups in total. The Labute approximate surface area is 122 Å². The van der Waals surface area contributed by atoms with Gasteiger partial charge in [-0.15, -0.1) is 0 Å². The number of furan rings is 1. The normalized spacial score (nSPS) is 18.9. The van der Waals surface area contributed by atoms with Crippen LogP contribution in [0.25, 0.3) is 0 Å². The fourth-order valence-electron chi connectivity index (χ4n) is 2.91. The molecular formula is C16H28N2O2. The van der Waals surface area contributed by atoms with Crippen molar-refractivity contribution in [3.05, 3.63) is 24.2 Å². The van der Waals surface area contributed by atoms with Crippen molar-refractivity contribution in [1.82, 2.24) is 10.2 Å². The molecule has 1 aromatic heterocycles. The van der Waals surface area contributed by atoms with Crippen LogP contribution in [0.4, 0.5) is 0 Å². The molecule has 0 radical (unpaired) electrons. The molecule has 2 rings (SSSR count). The number of nitrogens with zero attached hydrogens (tertiary/aromatic N) is 1. The van der Waals surface area contributed by atoms with Gasteiger partial charge in [-0.25, -0.2) is 0 Å². The highest BCUT2D eigenvalue weighted by molar-refractivity contribution is 4.98. The van der Waals surface area contributed by atoms with Crippen molar-refractivity contribution in [2.75, 3.05) is 33.4 Å². The molecule has 4 heteroatoms. The Kier molecular flexibility index (Phi) is 5.64. The SMILES string of the molecule is CC(C)NCC1(CN(C)Cc2ccco2)CCOCC1. The van der Waals surface area contributed by atoms with Gasteiger partial charge in [-0.2, -0.15) is 0 Å². The smallest absolute Gasteiger partial charge is 0.117 e. The number of hydrogen-bond donors (Lipinski definition) is 1. The fraction of sp³-hybridized carbons (Fsp3) is 0.750. The van der Waals surface area contributed by atoms with Crippen LogP contribution in [0.1, 0.15) is 32.4 Å². The Hall–Kier alpha value is -0.840. The van der Waals surface area contributed by atoms with Gasteiger partial charge in [-0.3, -0.25) is 4.90 Å². The third kappa shape index (κ3) is 4.62. The van der Waals surface area contributed by atoms with Crippen molar-refractivity contribution in [2.24, 2.45) is 5.41 Å². The first-order chi connectivity index (χ1) is 9.60. The highest BCUT2D eigenvalue weighted by Gasteiger charge is 2.33. The van der Waals surface area contributed by atoms with E-state index in [0.29, 0.717) is 11.5 Å². The van der Waals surface area contributed by atoms with Crippen molar-refractivity contribution in [3.8, 4) is 0 Å².